The second kappa shape index (κ2) is 4.28. The molecule has 2 heteroatoms. The molecule has 2 nitrogen and oxygen atoms in total. The van der Waals surface area contributed by atoms with Crippen molar-refractivity contribution in [3.8, 4) is 0 Å². The van der Waals surface area contributed by atoms with Gasteiger partial charge in [0.1, 0.15) is 0 Å². The molecular weight excluding hydrogens is 210 g/mol. The Balaban J connectivity index is 2.33. The Bertz CT molecular complexity index is 552. The van der Waals surface area contributed by atoms with Crippen molar-refractivity contribution in [3.63, 3.8) is 0 Å². The van der Waals surface area contributed by atoms with Gasteiger partial charge in [0, 0.05) is 23.6 Å². The fraction of sp³-hybridized carbons (Fsp3) is 0.333. The molecule has 0 N–H and O–H groups in total. The van der Waals surface area contributed by atoms with Crippen LogP contribution in [0.2, 0.25) is 0 Å². The van der Waals surface area contributed by atoms with Gasteiger partial charge in [-0.3, -0.25) is 9.78 Å². The van der Waals surface area contributed by atoms with Crippen molar-refractivity contribution in [1.29, 1.82) is 0 Å². The van der Waals surface area contributed by atoms with Crippen molar-refractivity contribution in [3.05, 3.63) is 42.1 Å². The summed E-state index contributed by atoms with van der Waals surface area (Å²) in [4.78, 5) is 16.3. The maximum absolute atomic E-state index is 12.1. The molecule has 0 atom stereocenters. The number of hydrogen-bond acceptors (Lipinski definition) is 2. The van der Waals surface area contributed by atoms with E-state index >= 15 is 0 Å². The van der Waals surface area contributed by atoms with E-state index in [1.807, 2.05) is 30.3 Å². The van der Waals surface area contributed by atoms with Crippen molar-refractivity contribution < 1.29 is 4.79 Å². The largest absolute Gasteiger partial charge is 0.294 e. The van der Waals surface area contributed by atoms with Crippen LogP contribution in [0.5, 0.6) is 0 Å². The van der Waals surface area contributed by atoms with Crippen LogP contribution in [0, 0.1) is 5.41 Å². The Labute approximate surface area is 102 Å². The Morgan fingerprint density at radius 3 is 2.71 bits per heavy atom. The van der Waals surface area contributed by atoms with Gasteiger partial charge in [-0.25, -0.2) is 0 Å². The summed E-state index contributed by atoms with van der Waals surface area (Å²) in [6.07, 6.45) is 2.31. The molecule has 0 aliphatic heterocycles. The maximum atomic E-state index is 12.1. The summed E-state index contributed by atoms with van der Waals surface area (Å²) in [6, 6.07) is 9.62. The minimum atomic E-state index is 0.0240. The Hall–Kier alpha value is -1.70. The molecule has 0 spiro atoms. The molecule has 0 aliphatic rings. The Kier molecular flexibility index (Phi) is 2.97. The summed E-state index contributed by atoms with van der Waals surface area (Å²) in [5.74, 6) is 0.185. The molecule has 0 amide bonds. The van der Waals surface area contributed by atoms with Crippen molar-refractivity contribution in [2.24, 2.45) is 5.41 Å². The third kappa shape index (κ3) is 2.90. The van der Waals surface area contributed by atoms with Crippen LogP contribution in [0.25, 0.3) is 10.9 Å². The Morgan fingerprint density at radius 2 is 2.00 bits per heavy atom. The van der Waals surface area contributed by atoms with E-state index in [1.165, 1.54) is 0 Å². The summed E-state index contributed by atoms with van der Waals surface area (Å²) < 4.78 is 0. The van der Waals surface area contributed by atoms with Gasteiger partial charge in [0.05, 0.1) is 5.52 Å². The summed E-state index contributed by atoms with van der Waals surface area (Å²) in [6.45, 7) is 6.22. The topological polar surface area (TPSA) is 30.0 Å². The van der Waals surface area contributed by atoms with Crippen molar-refractivity contribution in [2.45, 2.75) is 27.2 Å². The van der Waals surface area contributed by atoms with Crippen molar-refractivity contribution in [2.75, 3.05) is 0 Å². The molecule has 0 saturated carbocycles. The third-order valence-electron chi connectivity index (χ3n) is 2.62. The van der Waals surface area contributed by atoms with Crippen LogP contribution in [0.4, 0.5) is 0 Å². The van der Waals surface area contributed by atoms with E-state index in [2.05, 4.69) is 25.8 Å². The third-order valence-corrected chi connectivity index (χ3v) is 2.62. The minimum Gasteiger partial charge on any atom is -0.294 e. The highest BCUT2D eigenvalue weighted by Crippen LogP contribution is 2.22. The molecule has 0 bridgehead atoms. The lowest BCUT2D eigenvalue weighted by Gasteiger charge is -2.16. The van der Waals surface area contributed by atoms with Crippen LogP contribution in [-0.4, -0.2) is 10.8 Å². The normalized spacial score (nSPS) is 11.7. The maximum Gasteiger partial charge on any atom is 0.163 e. The minimum absolute atomic E-state index is 0.0240. The number of aromatic nitrogens is 1. The first-order chi connectivity index (χ1) is 7.96. The number of nitrogens with zero attached hydrogens (tertiary/aromatic N) is 1. The molecule has 2 rings (SSSR count). The molecule has 0 aliphatic carbocycles. The average molecular weight is 227 g/mol. The standard InChI is InChI=1S/C15H17NO/c1-15(2,3)10-14(17)12-7-6-11-5-4-8-16-13(11)9-12/h4-9H,10H2,1-3H3. The van der Waals surface area contributed by atoms with Gasteiger partial charge in [0.25, 0.3) is 0 Å². The lowest BCUT2D eigenvalue weighted by molar-refractivity contribution is 0.0940. The van der Waals surface area contributed by atoms with E-state index in [9.17, 15) is 4.79 Å². The number of hydrogen-bond donors (Lipinski definition) is 0. The van der Waals surface area contributed by atoms with Crippen molar-refractivity contribution in [1.82, 2.24) is 4.98 Å². The predicted octanol–water partition coefficient (Wildman–Crippen LogP) is 3.85. The summed E-state index contributed by atoms with van der Waals surface area (Å²) in [7, 11) is 0. The monoisotopic (exact) mass is 227 g/mol. The van der Waals surface area contributed by atoms with Gasteiger partial charge in [-0.2, -0.15) is 0 Å². The number of rotatable bonds is 2. The fourth-order valence-electron chi connectivity index (χ4n) is 1.82. The van der Waals surface area contributed by atoms with Crippen molar-refractivity contribution >= 4 is 16.7 Å². The van der Waals surface area contributed by atoms with Gasteiger partial charge >= 0.3 is 0 Å². The molecule has 1 heterocycles. The molecule has 88 valence electrons. The van der Waals surface area contributed by atoms with Crippen LogP contribution in [0.1, 0.15) is 37.6 Å². The molecule has 0 saturated heterocycles. The number of carbonyl (C=O) groups is 1. The van der Waals surface area contributed by atoms with E-state index in [1.54, 1.807) is 6.20 Å². The molecule has 0 fully saturated rings. The summed E-state index contributed by atoms with van der Waals surface area (Å²) in [5.41, 5.74) is 1.66. The van der Waals surface area contributed by atoms with Gasteiger partial charge in [0.15, 0.2) is 5.78 Å². The second-order valence-electron chi connectivity index (χ2n) is 5.57. The lowest BCUT2D eigenvalue weighted by atomic mass is 9.88. The highest BCUT2D eigenvalue weighted by Gasteiger charge is 2.17. The fourth-order valence-corrected chi connectivity index (χ4v) is 1.82. The zero-order valence-corrected chi connectivity index (χ0v) is 10.5. The zero-order valence-electron chi connectivity index (χ0n) is 10.5. The first kappa shape index (κ1) is 11.8. The molecule has 17 heavy (non-hydrogen) atoms. The summed E-state index contributed by atoms with van der Waals surface area (Å²) in [5, 5.41) is 1.07. The van der Waals surface area contributed by atoms with E-state index in [0.717, 1.165) is 16.5 Å². The summed E-state index contributed by atoms with van der Waals surface area (Å²) >= 11 is 0. The van der Waals surface area contributed by atoms with Gasteiger partial charge in [-0.15, -0.1) is 0 Å². The van der Waals surface area contributed by atoms with E-state index in [0.29, 0.717) is 6.42 Å². The highest BCUT2D eigenvalue weighted by molar-refractivity contribution is 5.99. The quantitative estimate of drug-likeness (QED) is 0.729. The number of carbonyl (C=O) groups excluding carboxylic acids is 1. The molecule has 1 aromatic carbocycles. The number of fused-ring (bicyclic) bond motifs is 1. The second-order valence-corrected chi connectivity index (χ2v) is 5.57. The van der Waals surface area contributed by atoms with E-state index in [-0.39, 0.29) is 11.2 Å². The molecule has 1 aromatic heterocycles. The Morgan fingerprint density at radius 1 is 1.24 bits per heavy atom. The van der Waals surface area contributed by atoms with Gasteiger partial charge in [-0.1, -0.05) is 39.0 Å². The first-order valence-corrected chi connectivity index (χ1v) is 5.84. The predicted molar refractivity (Wildman–Crippen MR) is 70.1 cm³/mol. The lowest BCUT2D eigenvalue weighted by Crippen LogP contribution is -2.13. The molecule has 0 radical (unpaired) electrons. The number of pyridine rings is 1. The smallest absolute Gasteiger partial charge is 0.163 e. The van der Waals surface area contributed by atoms with Gasteiger partial charge in [0.2, 0.25) is 0 Å². The van der Waals surface area contributed by atoms with Gasteiger partial charge < -0.3 is 0 Å². The molecule has 0 unspecified atom stereocenters. The van der Waals surface area contributed by atoms with Crippen LogP contribution in [0.3, 0.4) is 0 Å². The highest BCUT2D eigenvalue weighted by atomic mass is 16.1. The zero-order chi connectivity index (χ0) is 12.5. The number of benzene rings is 1. The SMILES string of the molecule is CC(C)(C)CC(=O)c1ccc2cccnc2c1. The van der Waals surface area contributed by atoms with Crippen LogP contribution in [0.15, 0.2) is 36.5 Å². The van der Waals surface area contributed by atoms with Crippen LogP contribution in [-0.2, 0) is 0 Å². The van der Waals surface area contributed by atoms with E-state index in [4.69, 9.17) is 0 Å². The first-order valence-electron chi connectivity index (χ1n) is 5.84. The molecular formula is C15H17NO. The van der Waals surface area contributed by atoms with Gasteiger partial charge in [-0.05, 0) is 17.5 Å². The number of Topliss-reactive ketones (excluding diaryl/α,β-unsaturated/α-hetero) is 1. The number of ketones is 1. The average Bonchev–Trinajstić information content (AvgIpc) is 2.26. The molecule has 2 aromatic rings. The van der Waals surface area contributed by atoms with Crippen LogP contribution >= 0.6 is 0 Å². The van der Waals surface area contributed by atoms with E-state index < -0.39 is 0 Å². The van der Waals surface area contributed by atoms with Crippen LogP contribution < -0.4 is 0 Å².